The third-order valence-corrected chi connectivity index (χ3v) is 4.50. The van der Waals surface area contributed by atoms with Crippen LogP contribution in [0.2, 0.25) is 0 Å². The Morgan fingerprint density at radius 2 is 2.04 bits per heavy atom. The second kappa shape index (κ2) is 9.67. The van der Waals surface area contributed by atoms with Crippen molar-refractivity contribution in [3.05, 3.63) is 52.2 Å². The number of likely N-dealkylation sites (N-methyl/N-ethyl adjacent to an activating group) is 1. The van der Waals surface area contributed by atoms with Gasteiger partial charge in [-0.25, -0.2) is 0 Å². The molecule has 0 aliphatic carbocycles. The van der Waals surface area contributed by atoms with Gasteiger partial charge < -0.3 is 14.6 Å². The fourth-order valence-electron chi connectivity index (χ4n) is 2.41. The minimum atomic E-state index is -0.496. The number of rotatable bonds is 10. The molecule has 0 aliphatic heterocycles. The minimum Gasteiger partial charge on any atom is -0.496 e. The zero-order chi connectivity index (χ0) is 16.5. The molecule has 1 unspecified atom stereocenters. The van der Waals surface area contributed by atoms with Crippen molar-refractivity contribution in [3.63, 3.8) is 0 Å². The standard InChI is InChI=1S/C18H25NO3S/c1-3-19(12-17-8-6-10-23-17)11-16(20)14-22-13-15-7-4-5-9-18(15)21-2/h4-10,16,20H,3,11-14H2,1-2H3. The molecule has 1 atom stereocenters. The van der Waals surface area contributed by atoms with E-state index in [2.05, 4.69) is 29.3 Å². The van der Waals surface area contributed by atoms with E-state index in [4.69, 9.17) is 9.47 Å². The number of thiophene rings is 1. The molecule has 0 saturated heterocycles. The smallest absolute Gasteiger partial charge is 0.124 e. The van der Waals surface area contributed by atoms with Crippen LogP contribution in [0.25, 0.3) is 0 Å². The highest BCUT2D eigenvalue weighted by molar-refractivity contribution is 7.09. The van der Waals surface area contributed by atoms with Crippen molar-refractivity contribution in [2.75, 3.05) is 26.8 Å². The summed E-state index contributed by atoms with van der Waals surface area (Å²) in [5.74, 6) is 0.815. The van der Waals surface area contributed by atoms with Gasteiger partial charge in [0.25, 0.3) is 0 Å². The SMILES string of the molecule is CCN(Cc1cccs1)CC(O)COCc1ccccc1OC. The predicted molar refractivity (Wildman–Crippen MR) is 93.9 cm³/mol. The van der Waals surface area contributed by atoms with Crippen LogP contribution in [0, 0.1) is 0 Å². The molecular weight excluding hydrogens is 310 g/mol. The molecule has 4 nitrogen and oxygen atoms in total. The maximum absolute atomic E-state index is 10.2. The molecule has 0 fully saturated rings. The molecule has 0 bridgehead atoms. The predicted octanol–water partition coefficient (Wildman–Crippen LogP) is 3.16. The highest BCUT2D eigenvalue weighted by atomic mass is 32.1. The van der Waals surface area contributed by atoms with Crippen LogP contribution in [0.15, 0.2) is 41.8 Å². The molecule has 23 heavy (non-hydrogen) atoms. The van der Waals surface area contributed by atoms with E-state index in [0.717, 1.165) is 24.4 Å². The van der Waals surface area contributed by atoms with E-state index in [9.17, 15) is 5.11 Å². The highest BCUT2D eigenvalue weighted by Gasteiger charge is 2.12. The van der Waals surface area contributed by atoms with Crippen LogP contribution in [0.3, 0.4) is 0 Å². The number of aliphatic hydroxyl groups is 1. The number of hydrogen-bond acceptors (Lipinski definition) is 5. The van der Waals surface area contributed by atoms with Crippen molar-refractivity contribution in [2.45, 2.75) is 26.2 Å². The summed E-state index contributed by atoms with van der Waals surface area (Å²) in [7, 11) is 1.65. The maximum atomic E-state index is 10.2. The molecule has 0 amide bonds. The number of nitrogens with zero attached hydrogens (tertiary/aromatic N) is 1. The lowest BCUT2D eigenvalue weighted by Crippen LogP contribution is -2.34. The number of benzene rings is 1. The number of methoxy groups -OCH3 is 1. The van der Waals surface area contributed by atoms with Gasteiger partial charge in [0, 0.05) is 23.5 Å². The van der Waals surface area contributed by atoms with Gasteiger partial charge in [0.1, 0.15) is 5.75 Å². The van der Waals surface area contributed by atoms with Crippen LogP contribution >= 0.6 is 11.3 Å². The van der Waals surface area contributed by atoms with Crippen LogP contribution in [-0.2, 0) is 17.9 Å². The van der Waals surface area contributed by atoms with Crippen LogP contribution in [0.4, 0.5) is 0 Å². The lowest BCUT2D eigenvalue weighted by molar-refractivity contribution is 0.00906. The maximum Gasteiger partial charge on any atom is 0.124 e. The van der Waals surface area contributed by atoms with E-state index in [0.29, 0.717) is 19.8 Å². The summed E-state index contributed by atoms with van der Waals surface area (Å²) >= 11 is 1.74. The topological polar surface area (TPSA) is 41.9 Å². The van der Waals surface area contributed by atoms with Crippen LogP contribution in [-0.4, -0.2) is 42.9 Å². The summed E-state index contributed by atoms with van der Waals surface area (Å²) in [4.78, 5) is 3.54. The number of aliphatic hydroxyl groups excluding tert-OH is 1. The third-order valence-electron chi connectivity index (χ3n) is 3.64. The second-order valence-corrected chi connectivity index (χ2v) is 6.42. The summed E-state index contributed by atoms with van der Waals surface area (Å²) in [5.41, 5.74) is 0.994. The first-order chi connectivity index (χ1) is 11.2. The monoisotopic (exact) mass is 335 g/mol. The van der Waals surface area contributed by atoms with Gasteiger partial charge >= 0.3 is 0 Å². The first-order valence-electron chi connectivity index (χ1n) is 7.85. The Morgan fingerprint density at radius 1 is 1.22 bits per heavy atom. The molecule has 126 valence electrons. The van der Waals surface area contributed by atoms with Crippen molar-refractivity contribution in [3.8, 4) is 5.75 Å². The summed E-state index contributed by atoms with van der Waals surface area (Å²) < 4.78 is 10.9. The Hall–Kier alpha value is -1.40. The van der Waals surface area contributed by atoms with Gasteiger partial charge in [-0.2, -0.15) is 0 Å². The first kappa shape index (κ1) is 17.9. The van der Waals surface area contributed by atoms with E-state index in [-0.39, 0.29) is 0 Å². The Kier molecular flexibility index (Phi) is 7.55. The zero-order valence-corrected chi connectivity index (χ0v) is 14.6. The Bertz CT molecular complexity index is 559. The van der Waals surface area contributed by atoms with Crippen molar-refractivity contribution < 1.29 is 14.6 Å². The third kappa shape index (κ3) is 5.95. The molecule has 1 heterocycles. The number of ether oxygens (including phenoxy) is 2. The molecule has 1 aromatic carbocycles. The molecule has 5 heteroatoms. The number of hydrogen-bond donors (Lipinski definition) is 1. The van der Waals surface area contributed by atoms with Gasteiger partial charge in [0.15, 0.2) is 0 Å². The molecule has 0 aliphatic rings. The fourth-order valence-corrected chi connectivity index (χ4v) is 3.15. The van der Waals surface area contributed by atoms with Crippen molar-refractivity contribution in [1.29, 1.82) is 0 Å². The Morgan fingerprint density at radius 3 is 2.74 bits per heavy atom. The van der Waals surface area contributed by atoms with Gasteiger partial charge in [-0.1, -0.05) is 31.2 Å². The lowest BCUT2D eigenvalue weighted by Gasteiger charge is -2.23. The summed E-state index contributed by atoms with van der Waals surface area (Å²) in [6, 6.07) is 12.0. The Balaban J connectivity index is 1.74. The summed E-state index contributed by atoms with van der Waals surface area (Å²) in [5, 5.41) is 12.3. The first-order valence-corrected chi connectivity index (χ1v) is 8.73. The molecule has 0 saturated carbocycles. The van der Waals surface area contributed by atoms with Crippen molar-refractivity contribution >= 4 is 11.3 Å². The second-order valence-electron chi connectivity index (χ2n) is 5.39. The number of para-hydroxylation sites is 1. The van der Waals surface area contributed by atoms with Gasteiger partial charge in [-0.05, 0) is 24.1 Å². The van der Waals surface area contributed by atoms with Gasteiger partial charge in [0.05, 0.1) is 26.4 Å². The van der Waals surface area contributed by atoms with Crippen LogP contribution < -0.4 is 4.74 Å². The molecule has 0 radical (unpaired) electrons. The molecule has 2 aromatic rings. The van der Waals surface area contributed by atoms with E-state index in [1.165, 1.54) is 4.88 Å². The molecule has 1 aromatic heterocycles. The quantitative estimate of drug-likeness (QED) is 0.724. The highest BCUT2D eigenvalue weighted by Crippen LogP contribution is 2.18. The Labute approximate surface area is 142 Å². The average Bonchev–Trinajstić information content (AvgIpc) is 3.07. The van der Waals surface area contributed by atoms with E-state index in [1.807, 2.05) is 24.3 Å². The average molecular weight is 335 g/mol. The van der Waals surface area contributed by atoms with Crippen LogP contribution in [0.5, 0.6) is 5.75 Å². The normalized spacial score (nSPS) is 12.5. The molecule has 2 rings (SSSR count). The van der Waals surface area contributed by atoms with Crippen molar-refractivity contribution in [1.82, 2.24) is 4.90 Å². The molecular formula is C18H25NO3S. The lowest BCUT2D eigenvalue weighted by atomic mass is 10.2. The van der Waals surface area contributed by atoms with E-state index in [1.54, 1.807) is 18.4 Å². The van der Waals surface area contributed by atoms with Crippen LogP contribution in [0.1, 0.15) is 17.4 Å². The minimum absolute atomic E-state index is 0.318. The van der Waals surface area contributed by atoms with Gasteiger partial charge in [-0.3, -0.25) is 4.90 Å². The summed E-state index contributed by atoms with van der Waals surface area (Å²) in [6.07, 6.45) is -0.496. The van der Waals surface area contributed by atoms with Crippen molar-refractivity contribution in [2.24, 2.45) is 0 Å². The summed E-state index contributed by atoms with van der Waals surface area (Å²) in [6.45, 7) is 5.26. The molecule has 1 N–H and O–H groups in total. The zero-order valence-electron chi connectivity index (χ0n) is 13.8. The van der Waals surface area contributed by atoms with E-state index >= 15 is 0 Å². The largest absolute Gasteiger partial charge is 0.496 e. The molecule has 0 spiro atoms. The fraction of sp³-hybridized carbons (Fsp3) is 0.444. The van der Waals surface area contributed by atoms with E-state index < -0.39 is 6.10 Å². The van der Waals surface area contributed by atoms with Gasteiger partial charge in [0.2, 0.25) is 0 Å². The van der Waals surface area contributed by atoms with Gasteiger partial charge in [-0.15, -0.1) is 11.3 Å².